The number of aryl methyl sites for hydroxylation is 1. The first-order valence-corrected chi connectivity index (χ1v) is 4.55. The molecule has 70 valence electrons. The Hall–Kier alpha value is -1.02. The zero-order chi connectivity index (χ0) is 9.68. The zero-order valence-electron chi connectivity index (χ0n) is 7.51. The highest BCUT2D eigenvalue weighted by Gasteiger charge is 1.98. The fourth-order valence-electron chi connectivity index (χ4n) is 1.03. The minimum atomic E-state index is 0.0648. The molecule has 0 aliphatic rings. The molecule has 0 aromatic heterocycles. The van der Waals surface area contributed by atoms with Gasteiger partial charge in [0.05, 0.1) is 0 Å². The zero-order valence-corrected chi connectivity index (χ0v) is 8.27. The molecule has 0 spiro atoms. The summed E-state index contributed by atoms with van der Waals surface area (Å²) in [6, 6.07) is 7.54. The van der Waals surface area contributed by atoms with E-state index in [0.717, 1.165) is 17.0 Å². The van der Waals surface area contributed by atoms with Gasteiger partial charge < -0.3 is 5.32 Å². The van der Waals surface area contributed by atoms with Crippen LogP contribution in [0.5, 0.6) is 0 Å². The number of amides is 1. The minimum Gasteiger partial charge on any atom is -0.359 e. The smallest absolute Gasteiger partial charge is 0.220 e. The van der Waals surface area contributed by atoms with Crippen LogP contribution in [-0.2, 0) is 11.2 Å². The van der Waals surface area contributed by atoms with Gasteiger partial charge in [-0.25, -0.2) is 0 Å². The molecule has 1 amide bonds. The molecule has 0 atom stereocenters. The molecule has 0 saturated carbocycles. The minimum absolute atomic E-state index is 0.0648. The first kappa shape index (κ1) is 10.1. The molecule has 0 unspecified atom stereocenters. The van der Waals surface area contributed by atoms with Gasteiger partial charge in [-0.15, -0.1) is 0 Å². The highest BCUT2D eigenvalue weighted by molar-refractivity contribution is 6.30. The second-order valence-corrected chi connectivity index (χ2v) is 3.24. The largest absolute Gasteiger partial charge is 0.359 e. The molecule has 13 heavy (non-hydrogen) atoms. The van der Waals surface area contributed by atoms with Crippen molar-refractivity contribution in [1.82, 2.24) is 5.32 Å². The normalized spacial score (nSPS) is 9.69. The first-order valence-electron chi connectivity index (χ1n) is 4.17. The summed E-state index contributed by atoms with van der Waals surface area (Å²) in [5, 5.41) is 3.31. The fraction of sp³-hybridized carbons (Fsp3) is 0.300. The van der Waals surface area contributed by atoms with Gasteiger partial charge in [0.25, 0.3) is 0 Å². The number of benzene rings is 1. The van der Waals surface area contributed by atoms with Crippen LogP contribution in [0.1, 0.15) is 12.0 Å². The van der Waals surface area contributed by atoms with Crippen LogP contribution in [0.4, 0.5) is 0 Å². The topological polar surface area (TPSA) is 29.1 Å². The molecule has 2 nitrogen and oxygen atoms in total. The lowest BCUT2D eigenvalue weighted by Gasteiger charge is -2.00. The van der Waals surface area contributed by atoms with Gasteiger partial charge in [-0.05, 0) is 24.1 Å². The summed E-state index contributed by atoms with van der Waals surface area (Å²) in [6.07, 6.45) is 1.29. The molecule has 0 saturated heterocycles. The number of carbonyl (C=O) groups excluding carboxylic acids is 1. The molecule has 1 aromatic carbocycles. The Morgan fingerprint density at radius 1 is 1.38 bits per heavy atom. The Bertz CT molecular complexity index is 281. The molecule has 0 aliphatic heterocycles. The Morgan fingerprint density at radius 2 is 2.00 bits per heavy atom. The van der Waals surface area contributed by atoms with Crippen molar-refractivity contribution in [3.63, 3.8) is 0 Å². The average Bonchev–Trinajstić information content (AvgIpc) is 2.16. The van der Waals surface area contributed by atoms with E-state index in [4.69, 9.17) is 11.6 Å². The number of nitrogens with one attached hydrogen (secondary N) is 1. The van der Waals surface area contributed by atoms with Crippen LogP contribution in [0.25, 0.3) is 0 Å². The van der Waals surface area contributed by atoms with E-state index in [1.165, 1.54) is 0 Å². The van der Waals surface area contributed by atoms with Gasteiger partial charge in [-0.3, -0.25) is 4.79 Å². The van der Waals surface area contributed by atoms with Gasteiger partial charge in [-0.1, -0.05) is 23.7 Å². The van der Waals surface area contributed by atoms with Gasteiger partial charge in [0.1, 0.15) is 0 Å². The molecule has 0 fully saturated rings. The van der Waals surface area contributed by atoms with Crippen LogP contribution in [0.3, 0.4) is 0 Å². The van der Waals surface area contributed by atoms with Crippen molar-refractivity contribution in [2.75, 3.05) is 7.05 Å². The number of rotatable bonds is 3. The van der Waals surface area contributed by atoms with E-state index < -0.39 is 0 Å². The third kappa shape index (κ3) is 3.47. The molecular weight excluding hydrogens is 186 g/mol. The molecule has 0 bridgehead atoms. The van der Waals surface area contributed by atoms with Crippen LogP contribution in [0.15, 0.2) is 24.3 Å². The Balaban J connectivity index is 2.46. The SMILES string of the molecule is CNC(=O)CCc1ccc(Cl)cc1. The number of hydrogen-bond donors (Lipinski definition) is 1. The summed E-state index contributed by atoms with van der Waals surface area (Å²) in [7, 11) is 1.64. The lowest BCUT2D eigenvalue weighted by Crippen LogP contribution is -2.17. The molecule has 3 heteroatoms. The third-order valence-corrected chi connectivity index (χ3v) is 2.08. The second-order valence-electron chi connectivity index (χ2n) is 2.80. The third-order valence-electron chi connectivity index (χ3n) is 1.83. The lowest BCUT2D eigenvalue weighted by molar-refractivity contribution is -0.120. The number of carbonyl (C=O) groups is 1. The van der Waals surface area contributed by atoms with Crippen LogP contribution >= 0.6 is 11.6 Å². The summed E-state index contributed by atoms with van der Waals surface area (Å²) in [6.45, 7) is 0. The summed E-state index contributed by atoms with van der Waals surface area (Å²) in [5.41, 5.74) is 1.13. The fourth-order valence-corrected chi connectivity index (χ4v) is 1.16. The van der Waals surface area contributed by atoms with Gasteiger partial charge in [0, 0.05) is 18.5 Å². The van der Waals surface area contributed by atoms with E-state index in [2.05, 4.69) is 5.32 Å². The van der Waals surface area contributed by atoms with E-state index >= 15 is 0 Å². The van der Waals surface area contributed by atoms with E-state index in [1.807, 2.05) is 24.3 Å². The van der Waals surface area contributed by atoms with E-state index in [9.17, 15) is 4.79 Å². The Labute approximate surface area is 82.9 Å². The summed E-state index contributed by atoms with van der Waals surface area (Å²) in [5.74, 6) is 0.0648. The van der Waals surface area contributed by atoms with Gasteiger partial charge in [-0.2, -0.15) is 0 Å². The van der Waals surface area contributed by atoms with Crippen molar-refractivity contribution < 1.29 is 4.79 Å². The maximum Gasteiger partial charge on any atom is 0.220 e. The van der Waals surface area contributed by atoms with Crippen molar-refractivity contribution in [1.29, 1.82) is 0 Å². The highest BCUT2D eigenvalue weighted by Crippen LogP contribution is 2.10. The van der Waals surface area contributed by atoms with Crippen molar-refractivity contribution in [3.8, 4) is 0 Å². The van der Waals surface area contributed by atoms with E-state index in [-0.39, 0.29) is 5.91 Å². The maximum atomic E-state index is 10.9. The van der Waals surface area contributed by atoms with Crippen LogP contribution in [-0.4, -0.2) is 13.0 Å². The van der Waals surface area contributed by atoms with Crippen LogP contribution in [0.2, 0.25) is 5.02 Å². The van der Waals surface area contributed by atoms with E-state index in [0.29, 0.717) is 6.42 Å². The molecule has 0 radical (unpaired) electrons. The van der Waals surface area contributed by atoms with E-state index in [1.54, 1.807) is 7.05 Å². The Morgan fingerprint density at radius 3 is 2.54 bits per heavy atom. The van der Waals surface area contributed by atoms with Crippen molar-refractivity contribution in [2.24, 2.45) is 0 Å². The van der Waals surface area contributed by atoms with Crippen molar-refractivity contribution in [2.45, 2.75) is 12.8 Å². The van der Waals surface area contributed by atoms with Gasteiger partial charge >= 0.3 is 0 Å². The molecule has 1 aromatic rings. The summed E-state index contributed by atoms with van der Waals surface area (Å²) >= 11 is 5.72. The summed E-state index contributed by atoms with van der Waals surface area (Å²) in [4.78, 5) is 10.9. The molecule has 0 heterocycles. The quantitative estimate of drug-likeness (QED) is 0.790. The molecule has 1 N–H and O–H groups in total. The van der Waals surface area contributed by atoms with Gasteiger partial charge in [0.2, 0.25) is 5.91 Å². The maximum absolute atomic E-state index is 10.9. The monoisotopic (exact) mass is 197 g/mol. The average molecular weight is 198 g/mol. The second kappa shape index (κ2) is 4.87. The predicted molar refractivity (Wildman–Crippen MR) is 53.8 cm³/mol. The number of halogens is 1. The van der Waals surface area contributed by atoms with Crippen molar-refractivity contribution >= 4 is 17.5 Å². The highest BCUT2D eigenvalue weighted by atomic mass is 35.5. The van der Waals surface area contributed by atoms with Crippen molar-refractivity contribution in [3.05, 3.63) is 34.9 Å². The molecule has 0 aliphatic carbocycles. The molecule has 1 rings (SSSR count). The standard InChI is InChI=1S/C10H12ClNO/c1-12-10(13)7-4-8-2-5-9(11)6-3-8/h2-3,5-6H,4,7H2,1H3,(H,12,13). The number of hydrogen-bond acceptors (Lipinski definition) is 1. The summed E-state index contributed by atoms with van der Waals surface area (Å²) < 4.78 is 0. The van der Waals surface area contributed by atoms with Gasteiger partial charge in [0.15, 0.2) is 0 Å². The predicted octanol–water partition coefficient (Wildman–Crippen LogP) is 2.02. The molecular formula is C10H12ClNO. The van der Waals surface area contributed by atoms with Crippen LogP contribution < -0.4 is 5.32 Å². The first-order chi connectivity index (χ1) is 6.22. The Kier molecular flexibility index (Phi) is 3.77. The van der Waals surface area contributed by atoms with Crippen LogP contribution in [0, 0.1) is 0 Å². The lowest BCUT2D eigenvalue weighted by atomic mass is 10.1.